The molecule has 2 aromatic rings. The van der Waals surface area contributed by atoms with Crippen molar-refractivity contribution in [2.24, 2.45) is 11.8 Å². The normalized spacial score (nSPS) is 26.7. The molecule has 3 aliphatic rings. The Kier molecular flexibility index (Phi) is 4.20. The van der Waals surface area contributed by atoms with Gasteiger partial charge in [-0.05, 0) is 55.0 Å². The Balaban J connectivity index is 1.43. The first-order chi connectivity index (χ1) is 12.8. The second-order valence-corrected chi connectivity index (χ2v) is 7.44. The standard InChI is InChI=1S/C18H20F3N5O/c1-11-23-25-26(24-11)9-8-22-16(27)15-12-6-7-17(15,10-12)13-2-4-14(5-3-13)18(19,20)21/h2-5,12,15H,6-10H2,1H3,(H,22,27)/t12-,15+,17+/m1/s1. The SMILES string of the molecule is Cc1nnn(CCNC(=O)[C@@H]2[C@@H]3CC[C@@]2(c2ccc(C(F)(F)F)cc2)C3)n1. The van der Waals surface area contributed by atoms with Crippen LogP contribution >= 0.6 is 0 Å². The molecule has 0 unspecified atom stereocenters. The van der Waals surface area contributed by atoms with E-state index in [-0.39, 0.29) is 17.2 Å². The highest BCUT2D eigenvalue weighted by Crippen LogP contribution is 2.64. The number of amides is 1. The van der Waals surface area contributed by atoms with Gasteiger partial charge in [0.25, 0.3) is 0 Å². The van der Waals surface area contributed by atoms with Crippen LogP contribution in [0, 0.1) is 18.8 Å². The number of nitrogens with one attached hydrogen (secondary N) is 1. The Morgan fingerprint density at radius 1 is 1.33 bits per heavy atom. The van der Waals surface area contributed by atoms with Gasteiger partial charge in [-0.25, -0.2) is 0 Å². The van der Waals surface area contributed by atoms with Gasteiger partial charge in [0, 0.05) is 12.0 Å². The molecule has 144 valence electrons. The number of alkyl halides is 3. The number of hydrogen-bond donors (Lipinski definition) is 1. The van der Waals surface area contributed by atoms with Gasteiger partial charge < -0.3 is 5.32 Å². The molecule has 0 aliphatic heterocycles. The minimum atomic E-state index is -4.35. The van der Waals surface area contributed by atoms with Gasteiger partial charge in [0.1, 0.15) is 0 Å². The summed E-state index contributed by atoms with van der Waals surface area (Å²) in [6.07, 6.45) is -1.72. The lowest BCUT2D eigenvalue weighted by atomic mass is 9.56. The van der Waals surface area contributed by atoms with Gasteiger partial charge in [0.15, 0.2) is 5.82 Å². The Hall–Kier alpha value is -2.45. The van der Waals surface area contributed by atoms with Gasteiger partial charge in [-0.15, -0.1) is 10.2 Å². The second kappa shape index (κ2) is 6.31. The van der Waals surface area contributed by atoms with E-state index in [0.29, 0.717) is 24.8 Å². The summed E-state index contributed by atoms with van der Waals surface area (Å²) in [4.78, 5) is 14.2. The third-order valence-electron chi connectivity index (χ3n) is 5.89. The second-order valence-electron chi connectivity index (χ2n) is 7.44. The maximum Gasteiger partial charge on any atom is 0.416 e. The van der Waals surface area contributed by atoms with E-state index in [0.717, 1.165) is 37.0 Å². The fourth-order valence-electron chi connectivity index (χ4n) is 4.68. The molecule has 5 rings (SSSR count). The van der Waals surface area contributed by atoms with Crippen LogP contribution in [0.2, 0.25) is 0 Å². The first-order valence-corrected chi connectivity index (χ1v) is 8.99. The number of carbonyl (C=O) groups is 1. The third kappa shape index (κ3) is 3.08. The van der Waals surface area contributed by atoms with Gasteiger partial charge in [-0.3, -0.25) is 4.79 Å². The summed E-state index contributed by atoms with van der Waals surface area (Å²) in [5, 5.41) is 14.6. The maximum atomic E-state index is 12.8. The first kappa shape index (κ1) is 17.9. The van der Waals surface area contributed by atoms with Crippen LogP contribution in [0.15, 0.2) is 24.3 Å². The zero-order valence-electron chi connectivity index (χ0n) is 14.8. The van der Waals surface area contributed by atoms with Crippen LogP contribution in [0.3, 0.4) is 0 Å². The number of fused-ring (bicyclic) bond motifs is 1. The van der Waals surface area contributed by atoms with Crippen molar-refractivity contribution in [1.29, 1.82) is 0 Å². The third-order valence-corrected chi connectivity index (χ3v) is 5.89. The lowest BCUT2D eigenvalue weighted by Crippen LogP contribution is -2.52. The molecule has 2 bridgehead atoms. The molecular formula is C18H20F3N5O. The van der Waals surface area contributed by atoms with E-state index in [1.54, 1.807) is 6.92 Å². The van der Waals surface area contributed by atoms with Crippen molar-refractivity contribution in [2.45, 2.75) is 44.3 Å². The Morgan fingerprint density at radius 2 is 2.07 bits per heavy atom. The molecule has 1 aromatic carbocycles. The van der Waals surface area contributed by atoms with E-state index in [1.165, 1.54) is 16.9 Å². The molecule has 6 nitrogen and oxygen atoms in total. The summed E-state index contributed by atoms with van der Waals surface area (Å²) >= 11 is 0. The van der Waals surface area contributed by atoms with Crippen molar-refractivity contribution in [3.8, 4) is 0 Å². The number of hydrogen-bond acceptors (Lipinski definition) is 4. The van der Waals surface area contributed by atoms with E-state index in [4.69, 9.17) is 0 Å². The molecule has 9 heteroatoms. The molecule has 1 heterocycles. The number of aryl methyl sites for hydroxylation is 1. The van der Waals surface area contributed by atoms with Gasteiger partial charge in [0.05, 0.1) is 18.0 Å². The Labute approximate surface area is 154 Å². The predicted octanol–water partition coefficient (Wildman–Crippen LogP) is 2.48. The molecule has 3 saturated carbocycles. The van der Waals surface area contributed by atoms with E-state index in [9.17, 15) is 18.0 Å². The zero-order chi connectivity index (χ0) is 19.2. The number of rotatable bonds is 5. The Morgan fingerprint density at radius 3 is 2.67 bits per heavy atom. The van der Waals surface area contributed by atoms with E-state index >= 15 is 0 Å². The molecule has 3 atom stereocenters. The minimum Gasteiger partial charge on any atom is -0.354 e. The quantitative estimate of drug-likeness (QED) is 0.866. The molecule has 3 aliphatic carbocycles. The first-order valence-electron chi connectivity index (χ1n) is 8.99. The molecular weight excluding hydrogens is 359 g/mol. The summed E-state index contributed by atoms with van der Waals surface area (Å²) in [5.74, 6) is 0.652. The summed E-state index contributed by atoms with van der Waals surface area (Å²) < 4.78 is 38.4. The van der Waals surface area contributed by atoms with Crippen LogP contribution < -0.4 is 5.32 Å². The lowest BCUT2D eigenvalue weighted by molar-refractivity contribution is -0.138. The van der Waals surface area contributed by atoms with E-state index in [2.05, 4.69) is 20.7 Å². The van der Waals surface area contributed by atoms with Crippen molar-refractivity contribution >= 4 is 5.91 Å². The molecule has 3 fully saturated rings. The molecule has 0 radical (unpaired) electrons. The predicted molar refractivity (Wildman–Crippen MR) is 89.5 cm³/mol. The van der Waals surface area contributed by atoms with Gasteiger partial charge >= 0.3 is 6.18 Å². The monoisotopic (exact) mass is 379 g/mol. The van der Waals surface area contributed by atoms with Crippen LogP contribution in [0.5, 0.6) is 0 Å². The molecule has 27 heavy (non-hydrogen) atoms. The highest BCUT2D eigenvalue weighted by atomic mass is 19.4. The van der Waals surface area contributed by atoms with Crippen molar-refractivity contribution in [1.82, 2.24) is 25.5 Å². The van der Waals surface area contributed by atoms with Crippen molar-refractivity contribution in [2.75, 3.05) is 6.54 Å². The Bertz CT molecular complexity index is 843. The summed E-state index contributed by atoms with van der Waals surface area (Å²) in [7, 11) is 0. The summed E-state index contributed by atoms with van der Waals surface area (Å²) in [6.45, 7) is 2.56. The lowest BCUT2D eigenvalue weighted by Gasteiger charge is -2.47. The van der Waals surface area contributed by atoms with Crippen LogP contribution in [0.1, 0.15) is 36.2 Å². The summed E-state index contributed by atoms with van der Waals surface area (Å²) in [5.41, 5.74) is -0.160. The molecule has 1 N–H and O–H groups in total. The molecule has 1 amide bonds. The average Bonchev–Trinajstić information content (AvgIpc) is 3.29. The van der Waals surface area contributed by atoms with E-state index < -0.39 is 11.7 Å². The zero-order valence-corrected chi connectivity index (χ0v) is 14.8. The smallest absolute Gasteiger partial charge is 0.354 e. The van der Waals surface area contributed by atoms with Crippen molar-refractivity contribution in [3.63, 3.8) is 0 Å². The average molecular weight is 379 g/mol. The highest BCUT2D eigenvalue weighted by molar-refractivity contribution is 5.83. The van der Waals surface area contributed by atoms with Crippen LogP contribution in [0.25, 0.3) is 0 Å². The number of carbonyl (C=O) groups excluding carboxylic acids is 1. The van der Waals surface area contributed by atoms with Crippen LogP contribution in [0.4, 0.5) is 13.2 Å². The van der Waals surface area contributed by atoms with Crippen LogP contribution in [-0.2, 0) is 22.9 Å². The summed E-state index contributed by atoms with van der Waals surface area (Å²) in [6, 6.07) is 5.30. The number of tetrazole rings is 1. The number of aromatic nitrogens is 4. The minimum absolute atomic E-state index is 0.0412. The molecule has 0 spiro atoms. The van der Waals surface area contributed by atoms with Gasteiger partial charge in [-0.2, -0.15) is 18.0 Å². The number of benzene rings is 1. The van der Waals surface area contributed by atoms with Crippen molar-refractivity contribution < 1.29 is 18.0 Å². The number of nitrogens with zero attached hydrogens (tertiary/aromatic N) is 4. The molecule has 1 aromatic heterocycles. The largest absolute Gasteiger partial charge is 0.416 e. The van der Waals surface area contributed by atoms with Gasteiger partial charge in [-0.1, -0.05) is 12.1 Å². The number of halogens is 3. The highest BCUT2D eigenvalue weighted by Gasteiger charge is 2.62. The van der Waals surface area contributed by atoms with E-state index in [1.807, 2.05) is 0 Å². The molecule has 0 saturated heterocycles. The fraction of sp³-hybridized carbons (Fsp3) is 0.556. The van der Waals surface area contributed by atoms with Gasteiger partial charge in [0.2, 0.25) is 5.91 Å². The van der Waals surface area contributed by atoms with Crippen molar-refractivity contribution in [3.05, 3.63) is 41.2 Å². The topological polar surface area (TPSA) is 72.7 Å². The van der Waals surface area contributed by atoms with Crippen LogP contribution in [-0.4, -0.2) is 32.7 Å². The fourth-order valence-corrected chi connectivity index (χ4v) is 4.68. The maximum absolute atomic E-state index is 12.8.